The molecule has 1 aromatic heterocycles. The minimum Gasteiger partial charge on any atom is -0.476 e. The highest BCUT2D eigenvalue weighted by atomic mass is 16.5. The van der Waals surface area contributed by atoms with Crippen LogP contribution in [0.25, 0.3) is 0 Å². The number of carboxylic acids is 1. The minimum atomic E-state index is -1.01. The van der Waals surface area contributed by atoms with Crippen LogP contribution in [0, 0.1) is 5.92 Å². The highest BCUT2D eigenvalue weighted by molar-refractivity contribution is 5.87. The molecule has 0 saturated carbocycles. The van der Waals surface area contributed by atoms with Crippen LogP contribution in [-0.2, 0) is 27.9 Å². The second-order valence-corrected chi connectivity index (χ2v) is 6.16. The number of nitrogens with zero attached hydrogens (tertiary/aromatic N) is 2. The van der Waals surface area contributed by atoms with Gasteiger partial charge >= 0.3 is 11.9 Å². The molecule has 110 valence electrons. The van der Waals surface area contributed by atoms with E-state index in [1.807, 2.05) is 25.3 Å². The van der Waals surface area contributed by atoms with Crippen molar-refractivity contribution in [2.45, 2.75) is 45.6 Å². The first kappa shape index (κ1) is 14.6. The molecular weight excluding hydrogens is 260 g/mol. The maximum atomic E-state index is 11.7. The number of carbonyl (C=O) groups excluding carboxylic acids is 1. The molecule has 0 aromatic carbocycles. The van der Waals surface area contributed by atoms with Gasteiger partial charge in [-0.25, -0.2) is 9.78 Å². The van der Waals surface area contributed by atoms with Crippen molar-refractivity contribution in [2.75, 3.05) is 7.11 Å². The summed E-state index contributed by atoms with van der Waals surface area (Å²) in [6.45, 7) is 6.39. The summed E-state index contributed by atoms with van der Waals surface area (Å²) in [5.74, 6) is -0.787. The number of aromatic nitrogens is 2. The number of hydrogen-bond donors (Lipinski definition) is 1. The van der Waals surface area contributed by atoms with Crippen molar-refractivity contribution in [3.05, 3.63) is 17.2 Å². The molecule has 0 spiro atoms. The fraction of sp³-hybridized carbons (Fsp3) is 0.643. The molecule has 1 aliphatic heterocycles. The third-order valence-corrected chi connectivity index (χ3v) is 3.61. The van der Waals surface area contributed by atoms with E-state index in [2.05, 4.69) is 4.98 Å². The first-order chi connectivity index (χ1) is 9.25. The lowest BCUT2D eigenvalue weighted by atomic mass is 9.93. The summed E-state index contributed by atoms with van der Waals surface area (Å²) >= 11 is 0. The molecule has 6 heteroatoms. The summed E-state index contributed by atoms with van der Waals surface area (Å²) in [4.78, 5) is 27.3. The molecule has 0 fully saturated rings. The number of esters is 1. The van der Waals surface area contributed by atoms with E-state index in [9.17, 15) is 14.7 Å². The van der Waals surface area contributed by atoms with Gasteiger partial charge in [-0.05, 0) is 12.8 Å². The second kappa shape index (κ2) is 4.92. The summed E-state index contributed by atoms with van der Waals surface area (Å²) in [5, 5.41) is 9.27. The number of ether oxygens (including phenoxy) is 1. The summed E-state index contributed by atoms with van der Waals surface area (Å²) < 4.78 is 6.68. The Hall–Kier alpha value is -1.85. The van der Waals surface area contributed by atoms with Gasteiger partial charge in [0.05, 0.1) is 18.7 Å². The van der Waals surface area contributed by atoms with Crippen LogP contribution in [0.4, 0.5) is 0 Å². The number of aromatic carboxylic acids is 1. The minimum absolute atomic E-state index is 0.109. The van der Waals surface area contributed by atoms with Gasteiger partial charge in [-0.15, -0.1) is 0 Å². The maximum absolute atomic E-state index is 11.7. The third kappa shape index (κ3) is 2.42. The summed E-state index contributed by atoms with van der Waals surface area (Å²) in [6.07, 6.45) is 1.13. The van der Waals surface area contributed by atoms with Gasteiger partial charge in [-0.2, -0.15) is 0 Å². The van der Waals surface area contributed by atoms with Crippen LogP contribution >= 0.6 is 0 Å². The van der Waals surface area contributed by atoms with E-state index in [4.69, 9.17) is 4.74 Å². The Balaban J connectivity index is 2.48. The highest BCUT2D eigenvalue weighted by Crippen LogP contribution is 2.31. The molecule has 2 rings (SSSR count). The normalized spacial score (nSPS) is 18.5. The Bertz CT molecular complexity index is 554. The lowest BCUT2D eigenvalue weighted by Gasteiger charge is -2.27. The lowest BCUT2D eigenvalue weighted by Crippen LogP contribution is -2.31. The topological polar surface area (TPSA) is 81.4 Å². The molecule has 0 amide bonds. The molecule has 1 aliphatic rings. The first-order valence-corrected chi connectivity index (χ1v) is 6.66. The number of methoxy groups -OCH3 is 1. The van der Waals surface area contributed by atoms with Gasteiger partial charge in [-0.1, -0.05) is 20.8 Å². The van der Waals surface area contributed by atoms with Crippen molar-refractivity contribution < 1.29 is 19.4 Å². The molecule has 20 heavy (non-hydrogen) atoms. The highest BCUT2D eigenvalue weighted by Gasteiger charge is 2.34. The molecule has 0 aliphatic carbocycles. The van der Waals surface area contributed by atoms with Crippen LogP contribution in [0.1, 0.15) is 49.2 Å². The third-order valence-electron chi connectivity index (χ3n) is 3.61. The molecule has 1 N–H and O–H groups in total. The first-order valence-electron chi connectivity index (χ1n) is 6.66. The molecule has 0 radical (unpaired) electrons. The van der Waals surface area contributed by atoms with Gasteiger partial charge in [0, 0.05) is 12.0 Å². The number of hydrogen-bond acceptors (Lipinski definition) is 4. The Labute approximate surface area is 117 Å². The monoisotopic (exact) mass is 280 g/mol. The molecule has 0 saturated heterocycles. The van der Waals surface area contributed by atoms with E-state index in [-0.39, 0.29) is 23.0 Å². The second-order valence-electron chi connectivity index (χ2n) is 6.16. The predicted molar refractivity (Wildman–Crippen MR) is 71.7 cm³/mol. The summed E-state index contributed by atoms with van der Waals surface area (Å²) in [6, 6.07) is 0. The summed E-state index contributed by atoms with van der Waals surface area (Å²) in [5.41, 5.74) is 0.543. The van der Waals surface area contributed by atoms with Crippen LogP contribution in [0.3, 0.4) is 0 Å². The van der Waals surface area contributed by atoms with E-state index in [0.29, 0.717) is 30.9 Å². The zero-order chi connectivity index (χ0) is 15.1. The Morgan fingerprint density at radius 3 is 2.55 bits per heavy atom. The summed E-state index contributed by atoms with van der Waals surface area (Å²) in [7, 11) is 1.37. The van der Waals surface area contributed by atoms with E-state index in [1.54, 1.807) is 0 Å². The maximum Gasteiger partial charge on any atom is 0.356 e. The quantitative estimate of drug-likeness (QED) is 0.832. The number of carboxylic acid groups (broad SMARTS) is 1. The Morgan fingerprint density at radius 2 is 2.05 bits per heavy atom. The average molecular weight is 280 g/mol. The fourth-order valence-corrected chi connectivity index (χ4v) is 2.66. The Morgan fingerprint density at radius 1 is 1.40 bits per heavy atom. The molecule has 6 nitrogen and oxygen atoms in total. The van der Waals surface area contributed by atoms with E-state index in [0.717, 1.165) is 0 Å². The lowest BCUT2D eigenvalue weighted by molar-refractivity contribution is -0.146. The number of rotatable bonds is 2. The predicted octanol–water partition coefficient (Wildman–Crippen LogP) is 1.61. The smallest absolute Gasteiger partial charge is 0.356 e. The van der Waals surface area contributed by atoms with E-state index < -0.39 is 5.97 Å². The molecule has 1 aromatic rings. The number of imidazole rings is 1. The molecular formula is C14H20N2O4. The molecule has 1 unspecified atom stereocenters. The average Bonchev–Trinajstić information content (AvgIpc) is 2.76. The van der Waals surface area contributed by atoms with Crippen molar-refractivity contribution in [2.24, 2.45) is 5.92 Å². The van der Waals surface area contributed by atoms with Crippen molar-refractivity contribution in [1.82, 2.24) is 9.55 Å². The van der Waals surface area contributed by atoms with Crippen molar-refractivity contribution >= 4 is 11.9 Å². The van der Waals surface area contributed by atoms with Crippen LogP contribution in [0.5, 0.6) is 0 Å². The van der Waals surface area contributed by atoms with Gasteiger partial charge in [0.1, 0.15) is 5.82 Å². The van der Waals surface area contributed by atoms with Gasteiger partial charge in [0.15, 0.2) is 5.69 Å². The van der Waals surface area contributed by atoms with E-state index >= 15 is 0 Å². The fourth-order valence-electron chi connectivity index (χ4n) is 2.66. The molecule has 1 atom stereocenters. The zero-order valence-corrected chi connectivity index (χ0v) is 12.3. The SMILES string of the molecule is COC(=O)C1CCc2c(C(=O)O)nc(C(C)(C)C)n2C1. The number of carbonyl (C=O) groups is 2. The van der Waals surface area contributed by atoms with Crippen molar-refractivity contribution in [3.8, 4) is 0 Å². The zero-order valence-electron chi connectivity index (χ0n) is 12.3. The van der Waals surface area contributed by atoms with Gasteiger partial charge in [-0.3, -0.25) is 4.79 Å². The van der Waals surface area contributed by atoms with E-state index in [1.165, 1.54) is 7.11 Å². The molecule has 2 heterocycles. The van der Waals surface area contributed by atoms with Crippen LogP contribution in [0.2, 0.25) is 0 Å². The van der Waals surface area contributed by atoms with Gasteiger partial charge in [0.25, 0.3) is 0 Å². The van der Waals surface area contributed by atoms with Crippen LogP contribution < -0.4 is 0 Å². The number of fused-ring (bicyclic) bond motifs is 1. The van der Waals surface area contributed by atoms with Crippen molar-refractivity contribution in [1.29, 1.82) is 0 Å². The Kier molecular flexibility index (Phi) is 3.58. The van der Waals surface area contributed by atoms with Gasteiger partial charge < -0.3 is 14.4 Å². The van der Waals surface area contributed by atoms with Crippen LogP contribution in [-0.4, -0.2) is 33.7 Å². The largest absolute Gasteiger partial charge is 0.476 e. The standard InChI is InChI=1S/C14H20N2O4/c1-14(2,3)13-15-10(11(17)18)9-6-5-8(7-16(9)13)12(19)20-4/h8H,5-7H2,1-4H3,(H,17,18). The van der Waals surface area contributed by atoms with Crippen molar-refractivity contribution in [3.63, 3.8) is 0 Å². The molecule has 0 bridgehead atoms. The van der Waals surface area contributed by atoms with Gasteiger partial charge in [0.2, 0.25) is 0 Å². The van der Waals surface area contributed by atoms with Crippen LogP contribution in [0.15, 0.2) is 0 Å².